The monoisotopic (exact) mass is 664 g/mol. The maximum atomic E-state index is 13.7. The lowest BCUT2D eigenvalue weighted by Gasteiger charge is -2.35. The van der Waals surface area contributed by atoms with E-state index < -0.39 is 21.6 Å². The topological polar surface area (TPSA) is 137 Å². The van der Waals surface area contributed by atoms with E-state index in [2.05, 4.69) is 22.0 Å². The fourth-order valence-electron chi connectivity index (χ4n) is 5.10. The van der Waals surface area contributed by atoms with Crippen molar-refractivity contribution in [2.24, 2.45) is 5.41 Å². The molecule has 240 valence electrons. The lowest BCUT2D eigenvalue weighted by atomic mass is 10.1. The van der Waals surface area contributed by atoms with Crippen LogP contribution in [0.25, 0.3) is 5.69 Å². The Morgan fingerprint density at radius 3 is 2.46 bits per heavy atom. The molecule has 12 nitrogen and oxygen atoms in total. The Hall–Kier alpha value is -4.33. The summed E-state index contributed by atoms with van der Waals surface area (Å²) in [6.07, 6.45) is 6.75. The van der Waals surface area contributed by atoms with Crippen LogP contribution in [-0.2, 0) is 27.1 Å². The molecule has 2 aromatic carbocycles. The number of halogens is 1. The van der Waals surface area contributed by atoms with Crippen molar-refractivity contribution in [1.82, 2.24) is 24.1 Å². The summed E-state index contributed by atoms with van der Waals surface area (Å²) in [5, 5.41) is 4.89. The number of hydrogen-bond donors (Lipinski definition) is 0. The van der Waals surface area contributed by atoms with Crippen molar-refractivity contribution in [2.75, 3.05) is 37.7 Å². The van der Waals surface area contributed by atoms with E-state index in [9.17, 15) is 18.0 Å². The van der Waals surface area contributed by atoms with Gasteiger partial charge in [-0.1, -0.05) is 36.7 Å². The number of nitrogens with zero attached hydrogens (tertiary/aromatic N) is 6. The van der Waals surface area contributed by atoms with Gasteiger partial charge < -0.3 is 14.4 Å². The normalized spacial score (nSPS) is 16.2. The van der Waals surface area contributed by atoms with Crippen LogP contribution in [0.15, 0.2) is 78.0 Å². The van der Waals surface area contributed by atoms with Crippen molar-refractivity contribution >= 4 is 33.3 Å². The Kier molecular flexibility index (Phi) is 9.07. The second-order valence-corrected chi connectivity index (χ2v) is 14.1. The molecule has 0 atom stereocenters. The van der Waals surface area contributed by atoms with Crippen molar-refractivity contribution < 1.29 is 22.7 Å². The molecule has 14 heteroatoms. The lowest BCUT2D eigenvalue weighted by Crippen LogP contribution is -2.49. The quantitative estimate of drug-likeness (QED) is 0.217. The van der Waals surface area contributed by atoms with E-state index in [-0.39, 0.29) is 42.2 Å². The maximum Gasteiger partial charge on any atom is 0.338 e. The highest BCUT2D eigenvalue weighted by Crippen LogP contribution is 2.45. The van der Waals surface area contributed by atoms with Crippen LogP contribution in [0, 0.1) is 5.41 Å². The van der Waals surface area contributed by atoms with Gasteiger partial charge in [0.05, 0.1) is 29.8 Å². The molecule has 46 heavy (non-hydrogen) atoms. The molecule has 0 unspecified atom stereocenters. The standard InChI is InChI=1S/C32H33ClN6O6S/c1-32(9-10-32)22-45-29-27(19-36-39(30(29)40)26-8-3-7-25(33)18-26)37-13-15-38(16-14-37)46(42,43)21-23-5-2-6-24(17-23)31(41)44-20-28-34-11-4-12-35-28/h2-8,11-12,17-19H,9-10,13-16,20-22H2,1H3. The van der Waals surface area contributed by atoms with Crippen LogP contribution in [0.1, 0.15) is 41.5 Å². The predicted octanol–water partition coefficient (Wildman–Crippen LogP) is 3.86. The van der Waals surface area contributed by atoms with Gasteiger partial charge in [-0.05, 0) is 54.8 Å². The molecule has 1 saturated heterocycles. The van der Waals surface area contributed by atoms with Crippen LogP contribution in [0.5, 0.6) is 5.75 Å². The minimum atomic E-state index is -3.72. The number of esters is 1. The molecule has 3 heterocycles. The first-order valence-corrected chi connectivity index (χ1v) is 16.8. The lowest BCUT2D eigenvalue weighted by molar-refractivity contribution is 0.0462. The van der Waals surface area contributed by atoms with Crippen molar-refractivity contribution in [3.8, 4) is 11.4 Å². The molecule has 0 amide bonds. The Morgan fingerprint density at radius 2 is 1.74 bits per heavy atom. The van der Waals surface area contributed by atoms with Gasteiger partial charge in [0.15, 0.2) is 12.4 Å². The number of ether oxygens (including phenoxy) is 2. The first kappa shape index (κ1) is 31.6. The minimum absolute atomic E-state index is 0.0327. The van der Waals surface area contributed by atoms with Crippen LogP contribution < -0.4 is 15.2 Å². The van der Waals surface area contributed by atoms with E-state index in [4.69, 9.17) is 21.1 Å². The highest BCUT2D eigenvalue weighted by Gasteiger charge is 2.39. The molecule has 2 aliphatic rings. The van der Waals surface area contributed by atoms with Gasteiger partial charge in [-0.3, -0.25) is 4.79 Å². The van der Waals surface area contributed by atoms with E-state index in [0.717, 1.165) is 12.8 Å². The molecular weight excluding hydrogens is 632 g/mol. The molecule has 2 fully saturated rings. The minimum Gasteiger partial charge on any atom is -0.486 e. The third kappa shape index (κ3) is 7.38. The Balaban J connectivity index is 1.13. The van der Waals surface area contributed by atoms with Crippen LogP contribution in [0.3, 0.4) is 0 Å². The van der Waals surface area contributed by atoms with Gasteiger partial charge in [-0.25, -0.2) is 23.2 Å². The molecule has 0 radical (unpaired) electrons. The summed E-state index contributed by atoms with van der Waals surface area (Å²) < 4.78 is 41.0. The molecular formula is C32H33ClN6O6S. The number of aromatic nitrogens is 4. The van der Waals surface area contributed by atoms with Crippen LogP contribution in [-0.4, -0.2) is 71.2 Å². The zero-order chi connectivity index (χ0) is 32.3. The van der Waals surface area contributed by atoms with Gasteiger partial charge in [0.1, 0.15) is 5.69 Å². The van der Waals surface area contributed by atoms with E-state index in [1.807, 2.05) is 4.90 Å². The van der Waals surface area contributed by atoms with Crippen molar-refractivity contribution in [1.29, 1.82) is 0 Å². The molecule has 1 aliphatic heterocycles. The molecule has 0 spiro atoms. The smallest absolute Gasteiger partial charge is 0.338 e. The van der Waals surface area contributed by atoms with E-state index in [0.29, 0.717) is 47.5 Å². The van der Waals surface area contributed by atoms with Gasteiger partial charge in [0, 0.05) is 49.0 Å². The molecule has 1 saturated carbocycles. The highest BCUT2D eigenvalue weighted by atomic mass is 35.5. The van der Waals surface area contributed by atoms with Gasteiger partial charge >= 0.3 is 11.5 Å². The van der Waals surface area contributed by atoms with Crippen LogP contribution >= 0.6 is 11.6 Å². The number of benzene rings is 2. The summed E-state index contributed by atoms with van der Waals surface area (Å²) in [5.41, 5.74) is 1.37. The summed E-state index contributed by atoms with van der Waals surface area (Å²) in [6, 6.07) is 14.9. The van der Waals surface area contributed by atoms with Crippen LogP contribution in [0.4, 0.5) is 5.69 Å². The molecule has 6 rings (SSSR count). The number of hydrogen-bond acceptors (Lipinski definition) is 10. The zero-order valence-electron chi connectivity index (χ0n) is 25.2. The SMILES string of the molecule is CC1(COc2c(N3CCN(S(=O)(=O)Cc4cccc(C(=O)OCc5ncccn5)c4)CC3)cnn(-c3cccc(Cl)c3)c2=O)CC1. The van der Waals surface area contributed by atoms with Crippen molar-refractivity contribution in [2.45, 2.75) is 32.1 Å². The highest BCUT2D eigenvalue weighted by molar-refractivity contribution is 7.88. The van der Waals surface area contributed by atoms with Gasteiger partial charge in [0.25, 0.3) is 0 Å². The number of piperazine rings is 1. The molecule has 0 bridgehead atoms. The molecule has 1 aliphatic carbocycles. The van der Waals surface area contributed by atoms with Crippen LogP contribution in [0.2, 0.25) is 5.02 Å². The average molecular weight is 665 g/mol. The first-order valence-electron chi connectivity index (χ1n) is 14.9. The number of anilines is 1. The maximum absolute atomic E-state index is 13.7. The van der Waals surface area contributed by atoms with E-state index in [1.54, 1.807) is 67.1 Å². The van der Waals surface area contributed by atoms with Crippen molar-refractivity contribution in [3.63, 3.8) is 0 Å². The predicted molar refractivity (Wildman–Crippen MR) is 172 cm³/mol. The summed E-state index contributed by atoms with van der Waals surface area (Å²) >= 11 is 6.16. The van der Waals surface area contributed by atoms with E-state index in [1.165, 1.54) is 15.1 Å². The Labute approximate surface area is 271 Å². The third-order valence-electron chi connectivity index (χ3n) is 8.07. The summed E-state index contributed by atoms with van der Waals surface area (Å²) in [5.74, 6) is -0.329. The summed E-state index contributed by atoms with van der Waals surface area (Å²) in [7, 11) is -3.72. The van der Waals surface area contributed by atoms with Gasteiger partial charge in [-0.15, -0.1) is 0 Å². The zero-order valence-corrected chi connectivity index (χ0v) is 26.8. The fourth-order valence-corrected chi connectivity index (χ4v) is 6.79. The van der Waals surface area contributed by atoms with E-state index >= 15 is 0 Å². The van der Waals surface area contributed by atoms with Crippen molar-refractivity contribution in [3.05, 3.63) is 106 Å². The summed E-state index contributed by atoms with van der Waals surface area (Å²) in [4.78, 5) is 36.2. The number of sulfonamides is 1. The largest absolute Gasteiger partial charge is 0.486 e. The second-order valence-electron chi connectivity index (χ2n) is 11.7. The third-order valence-corrected chi connectivity index (χ3v) is 10.2. The summed E-state index contributed by atoms with van der Waals surface area (Å²) in [6.45, 7) is 3.50. The molecule has 4 aromatic rings. The average Bonchev–Trinajstić information content (AvgIpc) is 3.80. The van der Waals surface area contributed by atoms with Gasteiger partial charge in [-0.2, -0.15) is 14.1 Å². The number of carbonyl (C=O) groups is 1. The molecule has 2 aromatic heterocycles. The Morgan fingerprint density at radius 1 is 1.00 bits per heavy atom. The van der Waals surface area contributed by atoms with Gasteiger partial charge in [0.2, 0.25) is 15.8 Å². The second kappa shape index (κ2) is 13.2. The Bertz CT molecular complexity index is 1890. The molecule has 0 N–H and O–H groups in total. The number of carbonyl (C=O) groups excluding carboxylic acids is 1. The fraction of sp³-hybridized carbons (Fsp3) is 0.344. The number of rotatable bonds is 11. The first-order chi connectivity index (χ1) is 22.1.